The van der Waals surface area contributed by atoms with E-state index in [0.717, 1.165) is 6.42 Å². The highest BCUT2D eigenvalue weighted by Gasteiger charge is 2.16. The third-order valence-corrected chi connectivity index (χ3v) is 2.78. The summed E-state index contributed by atoms with van der Waals surface area (Å²) in [5, 5.41) is 9.31. The van der Waals surface area contributed by atoms with Crippen LogP contribution < -0.4 is 9.47 Å². The Bertz CT molecular complexity index is 645. The van der Waals surface area contributed by atoms with Crippen LogP contribution >= 0.6 is 11.6 Å². The minimum absolute atomic E-state index is 0.0651. The van der Waals surface area contributed by atoms with Crippen molar-refractivity contribution in [3.63, 3.8) is 0 Å². The molecule has 0 atom stereocenters. The Kier molecular flexibility index (Phi) is 5.00. The van der Waals surface area contributed by atoms with Gasteiger partial charge >= 0.3 is 5.97 Å². The molecular formula is C15H14ClNO4. The molecule has 5 nitrogen and oxygen atoms in total. The van der Waals surface area contributed by atoms with E-state index in [0.29, 0.717) is 18.1 Å². The summed E-state index contributed by atoms with van der Waals surface area (Å²) >= 11 is 5.80. The van der Waals surface area contributed by atoms with Crippen LogP contribution in [-0.2, 0) is 0 Å². The summed E-state index contributed by atoms with van der Waals surface area (Å²) in [6, 6.07) is 9.75. The molecule has 0 fully saturated rings. The Morgan fingerprint density at radius 1 is 1.24 bits per heavy atom. The van der Waals surface area contributed by atoms with Gasteiger partial charge in [0.1, 0.15) is 10.7 Å². The van der Waals surface area contributed by atoms with E-state index in [9.17, 15) is 4.79 Å². The molecule has 0 bridgehead atoms. The van der Waals surface area contributed by atoms with Crippen molar-refractivity contribution in [1.82, 2.24) is 4.98 Å². The van der Waals surface area contributed by atoms with Gasteiger partial charge in [0.05, 0.1) is 6.61 Å². The summed E-state index contributed by atoms with van der Waals surface area (Å²) in [5.74, 6) is -0.288. The largest absolute Gasteiger partial charge is 0.490 e. The minimum Gasteiger partial charge on any atom is -0.490 e. The second-order valence-corrected chi connectivity index (χ2v) is 4.58. The maximum atomic E-state index is 11.2. The molecule has 0 spiro atoms. The average Bonchev–Trinajstić information content (AvgIpc) is 2.46. The van der Waals surface area contributed by atoms with Crippen molar-refractivity contribution in [2.75, 3.05) is 6.61 Å². The van der Waals surface area contributed by atoms with Crippen molar-refractivity contribution in [2.45, 2.75) is 13.3 Å². The van der Waals surface area contributed by atoms with Crippen molar-refractivity contribution in [3.8, 4) is 17.4 Å². The zero-order chi connectivity index (χ0) is 15.2. The lowest BCUT2D eigenvalue weighted by Crippen LogP contribution is -2.03. The summed E-state index contributed by atoms with van der Waals surface area (Å²) in [5.41, 5.74) is -0.0651. The van der Waals surface area contributed by atoms with E-state index in [-0.39, 0.29) is 16.6 Å². The Morgan fingerprint density at radius 2 is 1.95 bits per heavy atom. The summed E-state index contributed by atoms with van der Waals surface area (Å²) in [6.45, 7) is 2.53. The quantitative estimate of drug-likeness (QED) is 0.816. The van der Waals surface area contributed by atoms with E-state index in [1.165, 1.54) is 12.1 Å². The first-order valence-corrected chi connectivity index (χ1v) is 6.79. The Hall–Kier alpha value is -2.27. The average molecular weight is 308 g/mol. The number of aromatic nitrogens is 1. The first-order chi connectivity index (χ1) is 10.1. The highest BCUT2D eigenvalue weighted by molar-refractivity contribution is 6.29. The van der Waals surface area contributed by atoms with Gasteiger partial charge in [-0.05, 0) is 30.7 Å². The van der Waals surface area contributed by atoms with Gasteiger partial charge in [-0.3, -0.25) is 0 Å². The number of hydrogen-bond donors (Lipinski definition) is 1. The minimum atomic E-state index is -1.14. The van der Waals surface area contributed by atoms with E-state index < -0.39 is 5.97 Å². The van der Waals surface area contributed by atoms with Crippen molar-refractivity contribution >= 4 is 17.6 Å². The standard InChI is InChI=1S/C15H14ClNO4/c1-2-9-20-11-5-3-4-6-12(11)21-14-10(15(18)19)7-8-13(16)17-14/h3-8H,2,9H2,1H3,(H,18,19). The fraction of sp³-hybridized carbons (Fsp3) is 0.200. The molecule has 0 unspecified atom stereocenters. The molecule has 2 aromatic rings. The second-order valence-electron chi connectivity index (χ2n) is 4.19. The molecule has 21 heavy (non-hydrogen) atoms. The SMILES string of the molecule is CCCOc1ccccc1Oc1nc(Cl)ccc1C(=O)O. The number of para-hydroxylation sites is 2. The van der Waals surface area contributed by atoms with Crippen LogP contribution in [0.15, 0.2) is 36.4 Å². The lowest BCUT2D eigenvalue weighted by atomic mass is 10.2. The van der Waals surface area contributed by atoms with Crippen LogP contribution in [0.3, 0.4) is 0 Å². The number of halogens is 1. The van der Waals surface area contributed by atoms with Crippen LogP contribution in [0.25, 0.3) is 0 Å². The molecule has 1 aromatic carbocycles. The van der Waals surface area contributed by atoms with Crippen molar-refractivity contribution in [2.24, 2.45) is 0 Å². The normalized spacial score (nSPS) is 10.2. The van der Waals surface area contributed by atoms with Gasteiger partial charge in [-0.15, -0.1) is 0 Å². The molecule has 110 valence electrons. The maximum absolute atomic E-state index is 11.2. The fourth-order valence-corrected chi connectivity index (χ4v) is 1.77. The van der Waals surface area contributed by atoms with Gasteiger partial charge < -0.3 is 14.6 Å². The number of hydrogen-bond acceptors (Lipinski definition) is 4. The van der Waals surface area contributed by atoms with Crippen molar-refractivity contribution < 1.29 is 19.4 Å². The van der Waals surface area contributed by atoms with Crippen LogP contribution in [0.5, 0.6) is 17.4 Å². The van der Waals surface area contributed by atoms with Crippen molar-refractivity contribution in [3.05, 3.63) is 47.1 Å². The predicted molar refractivity (Wildman–Crippen MR) is 78.5 cm³/mol. The lowest BCUT2D eigenvalue weighted by molar-refractivity contribution is 0.0693. The molecule has 0 saturated heterocycles. The molecule has 1 N–H and O–H groups in total. The highest BCUT2D eigenvalue weighted by Crippen LogP contribution is 2.32. The van der Waals surface area contributed by atoms with E-state index >= 15 is 0 Å². The number of carboxylic acids is 1. The highest BCUT2D eigenvalue weighted by atomic mass is 35.5. The molecule has 0 aliphatic carbocycles. The van der Waals surface area contributed by atoms with E-state index in [1.54, 1.807) is 24.3 Å². The molecule has 0 radical (unpaired) electrons. The Balaban J connectivity index is 2.34. The molecule has 0 aliphatic rings. The molecule has 1 heterocycles. The molecule has 0 saturated carbocycles. The predicted octanol–water partition coefficient (Wildman–Crippen LogP) is 4.01. The zero-order valence-corrected chi connectivity index (χ0v) is 12.1. The first-order valence-electron chi connectivity index (χ1n) is 6.41. The van der Waals surface area contributed by atoms with Crippen molar-refractivity contribution in [1.29, 1.82) is 0 Å². The van der Waals surface area contributed by atoms with Gasteiger partial charge in [-0.25, -0.2) is 9.78 Å². The molecule has 0 amide bonds. The van der Waals surface area contributed by atoms with Gasteiger partial charge in [-0.2, -0.15) is 0 Å². The summed E-state index contributed by atoms with van der Waals surface area (Å²) in [4.78, 5) is 15.1. The molecule has 2 rings (SSSR count). The van der Waals surface area contributed by atoms with Crippen LogP contribution in [0, 0.1) is 0 Å². The zero-order valence-electron chi connectivity index (χ0n) is 11.4. The Morgan fingerprint density at radius 3 is 2.62 bits per heavy atom. The van der Waals surface area contributed by atoms with E-state index in [4.69, 9.17) is 26.2 Å². The topological polar surface area (TPSA) is 68.7 Å². The number of pyridine rings is 1. The molecule has 6 heteroatoms. The second kappa shape index (κ2) is 6.95. The first kappa shape index (κ1) is 15.1. The number of ether oxygens (including phenoxy) is 2. The van der Waals surface area contributed by atoms with Gasteiger partial charge in [0, 0.05) is 0 Å². The summed E-state index contributed by atoms with van der Waals surface area (Å²) in [7, 11) is 0. The smallest absolute Gasteiger partial charge is 0.341 e. The number of carbonyl (C=O) groups is 1. The summed E-state index contributed by atoms with van der Waals surface area (Å²) < 4.78 is 11.1. The molecule has 0 aliphatic heterocycles. The number of nitrogens with zero attached hydrogens (tertiary/aromatic N) is 1. The lowest BCUT2D eigenvalue weighted by Gasteiger charge is -2.12. The van der Waals surface area contributed by atoms with Gasteiger partial charge in [0.25, 0.3) is 0 Å². The third-order valence-electron chi connectivity index (χ3n) is 2.57. The maximum Gasteiger partial charge on any atom is 0.341 e. The van der Waals surface area contributed by atoms with Crippen LogP contribution in [0.1, 0.15) is 23.7 Å². The van der Waals surface area contributed by atoms with Gasteiger partial charge in [0.2, 0.25) is 5.88 Å². The third kappa shape index (κ3) is 3.86. The fourth-order valence-electron chi connectivity index (χ4n) is 1.63. The molecule has 1 aromatic heterocycles. The van der Waals surface area contributed by atoms with Crippen LogP contribution in [0.4, 0.5) is 0 Å². The summed E-state index contributed by atoms with van der Waals surface area (Å²) in [6.07, 6.45) is 0.851. The van der Waals surface area contributed by atoms with Gasteiger partial charge in [-0.1, -0.05) is 30.7 Å². The van der Waals surface area contributed by atoms with Gasteiger partial charge in [0.15, 0.2) is 11.5 Å². The number of rotatable bonds is 6. The number of aromatic carboxylic acids is 1. The van der Waals surface area contributed by atoms with E-state index in [2.05, 4.69) is 4.98 Å². The van der Waals surface area contributed by atoms with Crippen LogP contribution in [0.2, 0.25) is 5.15 Å². The Labute approximate surface area is 127 Å². The number of carboxylic acid groups (broad SMARTS) is 1. The van der Waals surface area contributed by atoms with Crippen LogP contribution in [-0.4, -0.2) is 22.7 Å². The monoisotopic (exact) mass is 307 g/mol. The number of benzene rings is 1. The van der Waals surface area contributed by atoms with E-state index in [1.807, 2.05) is 6.92 Å². The molecular weight excluding hydrogens is 294 g/mol.